The lowest BCUT2D eigenvalue weighted by Gasteiger charge is -2.33. The Labute approximate surface area is 129 Å². The Balaban J connectivity index is 1.65. The van der Waals surface area contributed by atoms with Crippen LogP contribution in [0.2, 0.25) is 5.02 Å². The Morgan fingerprint density at radius 1 is 1.33 bits per heavy atom. The van der Waals surface area contributed by atoms with Crippen LogP contribution in [0.5, 0.6) is 0 Å². The zero-order valence-electron chi connectivity index (χ0n) is 11.8. The van der Waals surface area contributed by atoms with Crippen LogP contribution in [0.3, 0.4) is 0 Å². The van der Waals surface area contributed by atoms with Gasteiger partial charge in [0.15, 0.2) is 0 Å². The van der Waals surface area contributed by atoms with E-state index in [9.17, 15) is 4.79 Å². The number of imidazole rings is 1. The predicted octanol–water partition coefficient (Wildman–Crippen LogP) is 2.94. The molecule has 1 fully saturated rings. The highest BCUT2D eigenvalue weighted by atomic mass is 35.5. The number of amides is 1. The van der Waals surface area contributed by atoms with Gasteiger partial charge >= 0.3 is 0 Å². The maximum Gasteiger partial charge on any atom is 0.242 e. The number of piperidine rings is 1. The lowest BCUT2D eigenvalue weighted by atomic mass is 9.90. The summed E-state index contributed by atoms with van der Waals surface area (Å²) in [6.07, 6.45) is 7.36. The van der Waals surface area contributed by atoms with Crippen molar-refractivity contribution in [3.63, 3.8) is 0 Å². The first-order chi connectivity index (χ1) is 10.2. The molecule has 1 aliphatic rings. The molecule has 0 N–H and O–H groups in total. The molecule has 5 heteroatoms. The van der Waals surface area contributed by atoms with Gasteiger partial charge in [-0.15, -0.1) is 0 Å². The summed E-state index contributed by atoms with van der Waals surface area (Å²) in [6, 6.07) is 7.97. The normalized spacial score (nSPS) is 18.7. The minimum Gasteiger partial charge on any atom is -0.341 e. The van der Waals surface area contributed by atoms with Crippen molar-refractivity contribution >= 4 is 17.5 Å². The topological polar surface area (TPSA) is 38.1 Å². The van der Waals surface area contributed by atoms with Crippen LogP contribution < -0.4 is 0 Å². The molecule has 1 atom stereocenters. The second kappa shape index (κ2) is 6.31. The Bertz CT molecular complexity index is 594. The van der Waals surface area contributed by atoms with E-state index in [-0.39, 0.29) is 5.91 Å². The van der Waals surface area contributed by atoms with E-state index in [0.29, 0.717) is 12.5 Å². The number of carbonyl (C=O) groups excluding carboxylic acids is 1. The maximum absolute atomic E-state index is 12.4. The van der Waals surface area contributed by atoms with E-state index in [1.807, 2.05) is 27.8 Å². The van der Waals surface area contributed by atoms with Gasteiger partial charge in [0.05, 0.1) is 6.33 Å². The summed E-state index contributed by atoms with van der Waals surface area (Å²) >= 11 is 5.94. The van der Waals surface area contributed by atoms with Crippen molar-refractivity contribution < 1.29 is 4.79 Å². The molecule has 1 saturated heterocycles. The average Bonchev–Trinajstić information content (AvgIpc) is 3.01. The molecule has 0 bridgehead atoms. The molecule has 2 aromatic rings. The van der Waals surface area contributed by atoms with E-state index in [0.717, 1.165) is 31.0 Å². The highest BCUT2D eigenvalue weighted by Crippen LogP contribution is 2.27. The lowest BCUT2D eigenvalue weighted by Crippen LogP contribution is -2.40. The first kappa shape index (κ1) is 14.1. The first-order valence-corrected chi connectivity index (χ1v) is 7.59. The number of hydrogen-bond acceptors (Lipinski definition) is 2. The average molecular weight is 304 g/mol. The van der Waals surface area contributed by atoms with Crippen molar-refractivity contribution in [1.29, 1.82) is 0 Å². The second-order valence-corrected chi connectivity index (χ2v) is 5.90. The van der Waals surface area contributed by atoms with Crippen molar-refractivity contribution in [1.82, 2.24) is 14.5 Å². The van der Waals surface area contributed by atoms with Gasteiger partial charge in [0.25, 0.3) is 0 Å². The Morgan fingerprint density at radius 2 is 2.14 bits per heavy atom. The van der Waals surface area contributed by atoms with E-state index in [1.165, 1.54) is 5.56 Å². The molecule has 1 aromatic carbocycles. The summed E-state index contributed by atoms with van der Waals surface area (Å²) in [5, 5.41) is 0.752. The van der Waals surface area contributed by atoms with Gasteiger partial charge in [0.1, 0.15) is 6.54 Å². The highest BCUT2D eigenvalue weighted by Gasteiger charge is 2.24. The van der Waals surface area contributed by atoms with Crippen molar-refractivity contribution in [2.75, 3.05) is 13.1 Å². The fraction of sp³-hybridized carbons (Fsp3) is 0.375. The van der Waals surface area contributed by atoms with Crippen LogP contribution in [0.25, 0.3) is 0 Å². The monoisotopic (exact) mass is 303 g/mol. The molecule has 0 radical (unpaired) electrons. The van der Waals surface area contributed by atoms with Gasteiger partial charge in [-0.2, -0.15) is 0 Å². The molecule has 1 aromatic heterocycles. The third-order valence-electron chi connectivity index (χ3n) is 3.99. The van der Waals surface area contributed by atoms with Crippen molar-refractivity contribution in [2.24, 2.45) is 0 Å². The number of nitrogens with zero attached hydrogens (tertiary/aromatic N) is 3. The zero-order valence-corrected chi connectivity index (χ0v) is 12.5. The van der Waals surface area contributed by atoms with Crippen LogP contribution in [0.1, 0.15) is 24.3 Å². The smallest absolute Gasteiger partial charge is 0.242 e. The molecule has 0 unspecified atom stereocenters. The minimum absolute atomic E-state index is 0.159. The fourth-order valence-corrected chi connectivity index (χ4v) is 2.97. The van der Waals surface area contributed by atoms with Crippen LogP contribution in [-0.2, 0) is 11.3 Å². The largest absolute Gasteiger partial charge is 0.341 e. The molecular weight excluding hydrogens is 286 g/mol. The van der Waals surface area contributed by atoms with Gasteiger partial charge in [0.2, 0.25) is 5.91 Å². The van der Waals surface area contributed by atoms with Crippen LogP contribution >= 0.6 is 11.6 Å². The molecule has 2 heterocycles. The fourth-order valence-electron chi connectivity index (χ4n) is 2.85. The van der Waals surface area contributed by atoms with Gasteiger partial charge in [-0.1, -0.05) is 23.7 Å². The first-order valence-electron chi connectivity index (χ1n) is 7.21. The minimum atomic E-state index is 0.159. The van der Waals surface area contributed by atoms with E-state index in [4.69, 9.17) is 11.6 Å². The van der Waals surface area contributed by atoms with Gasteiger partial charge < -0.3 is 9.47 Å². The molecule has 110 valence electrons. The number of rotatable bonds is 3. The molecule has 3 rings (SSSR count). The number of aromatic nitrogens is 2. The van der Waals surface area contributed by atoms with Crippen LogP contribution in [0, 0.1) is 0 Å². The Morgan fingerprint density at radius 3 is 2.86 bits per heavy atom. The van der Waals surface area contributed by atoms with Gasteiger partial charge in [0, 0.05) is 36.4 Å². The van der Waals surface area contributed by atoms with E-state index in [1.54, 1.807) is 12.5 Å². The second-order valence-electron chi connectivity index (χ2n) is 5.47. The van der Waals surface area contributed by atoms with Crippen molar-refractivity contribution in [2.45, 2.75) is 25.3 Å². The summed E-state index contributed by atoms with van der Waals surface area (Å²) in [6.45, 7) is 2.00. The van der Waals surface area contributed by atoms with Crippen molar-refractivity contribution in [3.05, 3.63) is 53.6 Å². The van der Waals surface area contributed by atoms with E-state index < -0.39 is 0 Å². The Hall–Kier alpha value is -1.81. The van der Waals surface area contributed by atoms with Crippen LogP contribution in [0.4, 0.5) is 0 Å². The molecule has 0 aliphatic carbocycles. The Kier molecular flexibility index (Phi) is 4.25. The number of carbonyl (C=O) groups is 1. The number of halogens is 1. The molecule has 0 spiro atoms. The number of hydrogen-bond donors (Lipinski definition) is 0. The maximum atomic E-state index is 12.4. The predicted molar refractivity (Wildman–Crippen MR) is 82.2 cm³/mol. The van der Waals surface area contributed by atoms with Gasteiger partial charge in [-0.05, 0) is 30.5 Å². The summed E-state index contributed by atoms with van der Waals surface area (Å²) < 4.78 is 1.81. The summed E-state index contributed by atoms with van der Waals surface area (Å²) in [5.41, 5.74) is 1.26. The van der Waals surface area contributed by atoms with Gasteiger partial charge in [-0.25, -0.2) is 4.98 Å². The zero-order chi connectivity index (χ0) is 14.7. The van der Waals surface area contributed by atoms with E-state index >= 15 is 0 Å². The molecular formula is C16H18ClN3O. The SMILES string of the molecule is O=C(Cn1ccnc1)N1CCC[C@@H](c2ccc(Cl)cc2)C1. The van der Waals surface area contributed by atoms with Crippen LogP contribution in [0.15, 0.2) is 43.0 Å². The molecule has 1 amide bonds. The lowest BCUT2D eigenvalue weighted by molar-refractivity contribution is -0.133. The molecule has 1 aliphatic heterocycles. The third kappa shape index (κ3) is 3.45. The van der Waals surface area contributed by atoms with Crippen LogP contribution in [-0.4, -0.2) is 33.4 Å². The number of likely N-dealkylation sites (tertiary alicyclic amines) is 1. The molecule has 0 saturated carbocycles. The number of benzene rings is 1. The summed E-state index contributed by atoms with van der Waals surface area (Å²) in [5.74, 6) is 0.564. The summed E-state index contributed by atoms with van der Waals surface area (Å²) in [4.78, 5) is 18.3. The quantitative estimate of drug-likeness (QED) is 0.874. The van der Waals surface area contributed by atoms with E-state index in [2.05, 4.69) is 17.1 Å². The standard InChI is InChI=1S/C16H18ClN3O/c17-15-5-3-13(4-6-15)14-2-1-8-20(10-14)16(21)11-19-9-7-18-12-19/h3-7,9,12,14H,1-2,8,10-11H2/t14-/m1/s1. The third-order valence-corrected chi connectivity index (χ3v) is 4.24. The molecule has 21 heavy (non-hydrogen) atoms. The summed E-state index contributed by atoms with van der Waals surface area (Å²) in [7, 11) is 0. The van der Waals surface area contributed by atoms with Crippen molar-refractivity contribution in [3.8, 4) is 0 Å². The molecule has 4 nitrogen and oxygen atoms in total. The van der Waals surface area contributed by atoms with Gasteiger partial charge in [-0.3, -0.25) is 4.79 Å². The highest BCUT2D eigenvalue weighted by molar-refractivity contribution is 6.30.